The molecule has 19 heteroatoms. The van der Waals surface area contributed by atoms with Crippen LogP contribution in [0, 0.1) is 5.92 Å². The molecule has 0 rings (SSSR count). The molecule has 0 saturated carbocycles. The molecule has 0 aliphatic heterocycles. The van der Waals surface area contributed by atoms with Crippen molar-refractivity contribution in [2.75, 3.05) is 39.6 Å². The smallest absolute Gasteiger partial charge is 0.462 e. The fraction of sp³-hybridized carbons (Fsp3) is 0.948. The van der Waals surface area contributed by atoms with Crippen LogP contribution in [0.15, 0.2) is 0 Å². The predicted molar refractivity (Wildman–Crippen MR) is 391 cm³/mol. The lowest BCUT2D eigenvalue weighted by Gasteiger charge is -2.21. The highest BCUT2D eigenvalue weighted by Gasteiger charge is 2.30. The van der Waals surface area contributed by atoms with Crippen LogP contribution in [-0.4, -0.2) is 96.7 Å². The van der Waals surface area contributed by atoms with E-state index in [4.69, 9.17) is 37.0 Å². The van der Waals surface area contributed by atoms with Crippen LogP contribution in [-0.2, 0) is 65.4 Å². The summed E-state index contributed by atoms with van der Waals surface area (Å²) in [5.74, 6) is -1.34. The monoisotopic (exact) mass is 1410 g/mol. The molecule has 0 bridgehead atoms. The number of carbonyl (C=O) groups is 4. The van der Waals surface area contributed by atoms with Crippen LogP contribution >= 0.6 is 15.6 Å². The molecule has 0 amide bonds. The zero-order valence-electron chi connectivity index (χ0n) is 62.5. The second-order valence-corrected chi connectivity index (χ2v) is 31.1. The number of aliphatic hydroxyl groups excluding tert-OH is 1. The first-order valence-corrected chi connectivity index (χ1v) is 43.1. The minimum Gasteiger partial charge on any atom is -0.462 e. The van der Waals surface area contributed by atoms with Crippen LogP contribution < -0.4 is 0 Å². The van der Waals surface area contributed by atoms with Gasteiger partial charge in [0.1, 0.15) is 19.3 Å². The van der Waals surface area contributed by atoms with Crippen molar-refractivity contribution < 1.29 is 80.2 Å². The second-order valence-electron chi connectivity index (χ2n) is 28.2. The number of phosphoric ester groups is 2. The van der Waals surface area contributed by atoms with Crippen molar-refractivity contribution in [2.45, 2.75) is 425 Å². The third-order valence-corrected chi connectivity index (χ3v) is 19.9. The van der Waals surface area contributed by atoms with Crippen LogP contribution in [0.5, 0.6) is 0 Å². The van der Waals surface area contributed by atoms with Gasteiger partial charge in [0.2, 0.25) is 0 Å². The highest BCUT2D eigenvalue weighted by Crippen LogP contribution is 2.45. The molecule has 0 aliphatic rings. The Balaban J connectivity index is 5.19. The van der Waals surface area contributed by atoms with E-state index in [1.807, 2.05) is 0 Å². The van der Waals surface area contributed by atoms with Crippen molar-refractivity contribution in [3.63, 3.8) is 0 Å². The number of rotatable bonds is 77. The van der Waals surface area contributed by atoms with E-state index in [1.165, 1.54) is 231 Å². The van der Waals surface area contributed by atoms with E-state index < -0.39 is 97.5 Å². The van der Waals surface area contributed by atoms with E-state index >= 15 is 0 Å². The van der Waals surface area contributed by atoms with Crippen LogP contribution in [0.3, 0.4) is 0 Å². The number of ether oxygens (including phenoxy) is 4. The molecule has 0 aliphatic carbocycles. The number of unbranched alkanes of at least 4 members (excludes halogenated alkanes) is 49. The molecular weight excluding hydrogens is 1260 g/mol. The van der Waals surface area contributed by atoms with E-state index in [0.717, 1.165) is 95.8 Å². The number of hydrogen-bond donors (Lipinski definition) is 3. The molecular formula is C77H150O17P2. The molecule has 0 heterocycles. The van der Waals surface area contributed by atoms with Crippen molar-refractivity contribution in [3.8, 4) is 0 Å². The van der Waals surface area contributed by atoms with Crippen LogP contribution in [0.2, 0.25) is 0 Å². The van der Waals surface area contributed by atoms with Gasteiger partial charge in [-0.15, -0.1) is 0 Å². The number of phosphoric acid groups is 2. The maximum Gasteiger partial charge on any atom is 0.472 e. The van der Waals surface area contributed by atoms with Crippen molar-refractivity contribution in [3.05, 3.63) is 0 Å². The van der Waals surface area contributed by atoms with Gasteiger partial charge in [0.05, 0.1) is 26.4 Å². The predicted octanol–water partition coefficient (Wildman–Crippen LogP) is 22.9. The highest BCUT2D eigenvalue weighted by molar-refractivity contribution is 7.47. The maximum atomic E-state index is 13.1. The van der Waals surface area contributed by atoms with Crippen LogP contribution in [0.4, 0.5) is 0 Å². The Morgan fingerprint density at radius 1 is 0.281 bits per heavy atom. The average molecular weight is 1410 g/mol. The molecule has 17 nitrogen and oxygen atoms in total. The highest BCUT2D eigenvalue weighted by atomic mass is 31.2. The van der Waals surface area contributed by atoms with E-state index in [-0.39, 0.29) is 25.7 Å². The number of aliphatic hydroxyl groups is 1. The zero-order valence-corrected chi connectivity index (χ0v) is 64.3. The Morgan fingerprint density at radius 2 is 0.479 bits per heavy atom. The summed E-state index contributed by atoms with van der Waals surface area (Å²) in [6.07, 6.45) is 59.7. The van der Waals surface area contributed by atoms with E-state index in [1.54, 1.807) is 0 Å². The van der Waals surface area contributed by atoms with Crippen molar-refractivity contribution >= 4 is 39.5 Å². The van der Waals surface area contributed by atoms with Gasteiger partial charge in [-0.3, -0.25) is 37.3 Å². The molecule has 0 aromatic rings. The summed E-state index contributed by atoms with van der Waals surface area (Å²) in [6.45, 7) is 7.29. The van der Waals surface area contributed by atoms with Gasteiger partial charge in [-0.1, -0.05) is 356 Å². The second kappa shape index (κ2) is 70.1. The fourth-order valence-corrected chi connectivity index (χ4v) is 13.5. The van der Waals surface area contributed by atoms with Crippen molar-refractivity contribution in [1.82, 2.24) is 0 Å². The molecule has 5 atom stereocenters. The first kappa shape index (κ1) is 94.1. The third-order valence-electron chi connectivity index (χ3n) is 18.0. The molecule has 0 aromatic heterocycles. The molecule has 0 radical (unpaired) electrons. The fourth-order valence-electron chi connectivity index (χ4n) is 11.9. The number of carbonyl (C=O) groups excluding carboxylic acids is 4. The summed E-state index contributed by atoms with van der Waals surface area (Å²) in [6, 6.07) is 0. The van der Waals surface area contributed by atoms with Crippen LogP contribution in [0.1, 0.15) is 407 Å². The first-order valence-electron chi connectivity index (χ1n) is 40.1. The molecule has 570 valence electrons. The topological polar surface area (TPSA) is 237 Å². The Morgan fingerprint density at radius 3 is 0.708 bits per heavy atom. The summed E-state index contributed by atoms with van der Waals surface area (Å²) >= 11 is 0. The summed E-state index contributed by atoms with van der Waals surface area (Å²) in [7, 11) is -9.91. The summed E-state index contributed by atoms with van der Waals surface area (Å²) in [5.41, 5.74) is 0. The number of hydrogen-bond acceptors (Lipinski definition) is 15. The van der Waals surface area contributed by atoms with Gasteiger partial charge in [0, 0.05) is 25.7 Å². The Kier molecular flexibility index (Phi) is 68.7. The van der Waals surface area contributed by atoms with Crippen molar-refractivity contribution in [1.29, 1.82) is 0 Å². The van der Waals surface area contributed by atoms with Gasteiger partial charge in [-0.05, 0) is 31.6 Å². The molecule has 2 unspecified atom stereocenters. The Hall–Kier alpha value is -1.94. The van der Waals surface area contributed by atoms with Crippen LogP contribution in [0.25, 0.3) is 0 Å². The van der Waals surface area contributed by atoms with Gasteiger partial charge >= 0.3 is 39.5 Å². The van der Waals surface area contributed by atoms with Gasteiger partial charge < -0.3 is 33.8 Å². The minimum absolute atomic E-state index is 0.108. The molecule has 3 N–H and O–H groups in total. The molecule has 0 saturated heterocycles. The summed E-state index contributed by atoms with van der Waals surface area (Å²) in [4.78, 5) is 72.8. The standard InChI is InChI=1S/C77H150O17P2/c1-6-9-12-15-18-21-23-25-26-27-28-29-30-31-32-33-37-43-48-53-58-63-77(82)94-73(67-88-75(80)61-56-51-46-41-38-34-35-40-44-49-54-59-70(4)5)69-92-96(85,86)90-65-71(78)64-89-95(83,84)91-68-72(66-87-74(79)60-55-50-45-39-20-17-14-11-8-3)93-76(81)62-57-52-47-42-36-24-22-19-16-13-10-7-2/h70-73,78H,6-69H2,1-5H3,(H,83,84)(H,85,86)/t71-,72+,73+/m0/s1. The Bertz CT molecular complexity index is 1840. The van der Waals surface area contributed by atoms with E-state index in [2.05, 4.69) is 34.6 Å². The van der Waals surface area contributed by atoms with E-state index in [9.17, 15) is 43.2 Å². The molecule has 0 fully saturated rings. The third kappa shape index (κ3) is 70.5. The van der Waals surface area contributed by atoms with Crippen molar-refractivity contribution in [2.24, 2.45) is 5.92 Å². The molecule has 0 spiro atoms. The maximum absolute atomic E-state index is 13.1. The molecule has 0 aromatic carbocycles. The lowest BCUT2D eigenvalue weighted by atomic mass is 10.0. The first-order chi connectivity index (χ1) is 46.5. The summed E-state index contributed by atoms with van der Waals surface area (Å²) in [5, 5.41) is 10.6. The van der Waals surface area contributed by atoms with Gasteiger partial charge in [-0.2, -0.15) is 0 Å². The SMILES string of the molecule is CCCCCCCCCCCCCCCCCCCCCCCC(=O)O[C@H](COC(=O)CCCCCCCCCCCCCC(C)C)COP(=O)(O)OC[C@@H](O)COP(=O)(O)OC[C@@H](COC(=O)CCCCCCCCCCC)OC(=O)CCCCCCCCCCCCCC. The lowest BCUT2D eigenvalue weighted by molar-refractivity contribution is -0.161. The zero-order chi connectivity index (χ0) is 70.5. The van der Waals surface area contributed by atoms with Gasteiger partial charge in [-0.25, -0.2) is 9.13 Å². The summed E-state index contributed by atoms with van der Waals surface area (Å²) < 4.78 is 68.5. The average Bonchev–Trinajstić information content (AvgIpc) is 1.25. The van der Waals surface area contributed by atoms with E-state index in [0.29, 0.717) is 25.7 Å². The Labute approximate surface area is 588 Å². The number of esters is 4. The normalized spacial score (nSPS) is 13.9. The largest absolute Gasteiger partial charge is 0.472 e. The molecule has 96 heavy (non-hydrogen) atoms. The quantitative estimate of drug-likeness (QED) is 0.0222. The van der Waals surface area contributed by atoms with Gasteiger partial charge in [0.15, 0.2) is 12.2 Å². The lowest BCUT2D eigenvalue weighted by Crippen LogP contribution is -2.30. The van der Waals surface area contributed by atoms with Gasteiger partial charge in [0.25, 0.3) is 0 Å². The minimum atomic E-state index is -4.96.